The number of hydrogen-bond acceptors (Lipinski definition) is 2. The van der Waals surface area contributed by atoms with Crippen LogP contribution in [0.15, 0.2) is 72.8 Å². The first-order valence-corrected chi connectivity index (χ1v) is 12.5. The van der Waals surface area contributed by atoms with Crippen LogP contribution >= 0.6 is 0 Å². The Hall–Kier alpha value is -3.40. The van der Waals surface area contributed by atoms with E-state index in [1.54, 1.807) is 24.3 Å². The molecular formula is C30H28N2O2. The van der Waals surface area contributed by atoms with E-state index >= 15 is 0 Å². The van der Waals surface area contributed by atoms with Crippen LogP contribution in [0.5, 0.6) is 0 Å². The van der Waals surface area contributed by atoms with E-state index in [1.165, 1.54) is 22.3 Å². The van der Waals surface area contributed by atoms with Crippen LogP contribution in [0.3, 0.4) is 0 Å². The minimum Gasteiger partial charge on any atom is -0.352 e. The Morgan fingerprint density at radius 3 is 1.62 bits per heavy atom. The molecule has 7 rings (SSSR count). The third-order valence-corrected chi connectivity index (χ3v) is 8.79. The normalized spacial score (nSPS) is 28.8. The van der Waals surface area contributed by atoms with Crippen LogP contribution < -0.4 is 10.6 Å². The Labute approximate surface area is 199 Å². The summed E-state index contributed by atoms with van der Waals surface area (Å²) in [5.74, 6) is 3.42. The second-order valence-electron chi connectivity index (χ2n) is 10.5. The van der Waals surface area contributed by atoms with Gasteiger partial charge in [0.15, 0.2) is 0 Å². The largest absolute Gasteiger partial charge is 0.352 e. The third-order valence-electron chi connectivity index (χ3n) is 8.79. The summed E-state index contributed by atoms with van der Waals surface area (Å²) >= 11 is 0. The summed E-state index contributed by atoms with van der Waals surface area (Å²) in [5.41, 5.74) is 6.98. The lowest BCUT2D eigenvalue weighted by molar-refractivity contribution is 0.0950. The van der Waals surface area contributed by atoms with E-state index in [4.69, 9.17) is 0 Å². The molecule has 3 aromatic carbocycles. The van der Waals surface area contributed by atoms with Crippen molar-refractivity contribution in [1.29, 1.82) is 0 Å². The summed E-state index contributed by atoms with van der Waals surface area (Å²) in [6.07, 6.45) is 2.26. The number of fused-ring (bicyclic) bond motifs is 6. The van der Waals surface area contributed by atoms with Gasteiger partial charge in [-0.15, -0.1) is 0 Å². The van der Waals surface area contributed by atoms with Gasteiger partial charge < -0.3 is 10.6 Å². The summed E-state index contributed by atoms with van der Waals surface area (Å²) in [5, 5.41) is 6.22. The Morgan fingerprint density at radius 1 is 0.647 bits per heavy atom. The smallest absolute Gasteiger partial charge is 0.251 e. The number of carbonyl (C=O) groups is 2. The second-order valence-corrected chi connectivity index (χ2v) is 10.5. The minimum absolute atomic E-state index is 0.0961. The van der Waals surface area contributed by atoms with Crippen molar-refractivity contribution in [1.82, 2.24) is 10.6 Å². The molecule has 4 nitrogen and oxygen atoms in total. The maximum Gasteiger partial charge on any atom is 0.251 e. The van der Waals surface area contributed by atoms with Gasteiger partial charge in [0, 0.05) is 24.2 Å². The van der Waals surface area contributed by atoms with E-state index in [9.17, 15) is 9.59 Å². The van der Waals surface area contributed by atoms with Crippen molar-refractivity contribution >= 4 is 11.8 Å². The van der Waals surface area contributed by atoms with Crippen molar-refractivity contribution in [3.8, 4) is 0 Å². The zero-order valence-corrected chi connectivity index (χ0v) is 19.0. The maximum absolute atomic E-state index is 12.8. The SMILES string of the molecule is O=C(NCC1C2Cc3ccccc3C12)c1cccc(C(=O)NCC2C3Cc4ccccc4C23)c1. The first-order chi connectivity index (χ1) is 16.7. The molecule has 6 unspecified atom stereocenters. The lowest BCUT2D eigenvalue weighted by Gasteiger charge is -2.11. The molecule has 0 heterocycles. The molecule has 0 aromatic heterocycles. The molecule has 0 spiro atoms. The van der Waals surface area contributed by atoms with Crippen LogP contribution in [-0.2, 0) is 12.8 Å². The van der Waals surface area contributed by atoms with E-state index in [1.807, 2.05) is 0 Å². The van der Waals surface area contributed by atoms with Gasteiger partial charge in [0.25, 0.3) is 11.8 Å². The predicted molar refractivity (Wildman–Crippen MR) is 131 cm³/mol. The standard InChI is InChI=1S/C30H28N2O2/c33-29(31-15-25-23-13-17-6-1-3-10-21(17)27(23)25)19-8-5-9-20(12-19)30(34)32-16-26-24-14-18-7-2-4-11-22(18)28(24)26/h1-12,23-28H,13-16H2,(H,31,33)(H,32,34). The highest BCUT2D eigenvalue weighted by atomic mass is 16.2. The highest BCUT2D eigenvalue weighted by Crippen LogP contribution is 2.61. The summed E-state index contributed by atoms with van der Waals surface area (Å²) in [6.45, 7) is 1.40. The minimum atomic E-state index is -0.0961. The molecule has 4 aliphatic rings. The first-order valence-electron chi connectivity index (χ1n) is 12.5. The number of hydrogen-bond donors (Lipinski definition) is 2. The molecule has 4 heteroatoms. The number of nitrogens with one attached hydrogen (secondary N) is 2. The van der Waals surface area contributed by atoms with Crippen molar-refractivity contribution in [2.24, 2.45) is 23.7 Å². The number of benzene rings is 3. The van der Waals surface area contributed by atoms with Gasteiger partial charge in [0.1, 0.15) is 0 Å². The van der Waals surface area contributed by atoms with Crippen LogP contribution in [0.25, 0.3) is 0 Å². The van der Waals surface area contributed by atoms with Crippen molar-refractivity contribution in [2.75, 3.05) is 13.1 Å². The van der Waals surface area contributed by atoms with Gasteiger partial charge in [0.2, 0.25) is 0 Å². The van der Waals surface area contributed by atoms with Crippen molar-refractivity contribution < 1.29 is 9.59 Å². The van der Waals surface area contributed by atoms with Crippen molar-refractivity contribution in [3.05, 3.63) is 106 Å². The molecule has 2 saturated carbocycles. The molecule has 2 fully saturated rings. The number of amides is 2. The number of carbonyl (C=O) groups excluding carboxylic acids is 2. The monoisotopic (exact) mass is 448 g/mol. The highest BCUT2D eigenvalue weighted by molar-refractivity contribution is 5.99. The Balaban J connectivity index is 0.935. The van der Waals surface area contributed by atoms with Gasteiger partial charge in [-0.2, -0.15) is 0 Å². The van der Waals surface area contributed by atoms with Gasteiger partial charge >= 0.3 is 0 Å². The molecule has 0 aliphatic heterocycles. The number of rotatable bonds is 6. The first kappa shape index (κ1) is 20.0. The lowest BCUT2D eigenvalue weighted by Crippen LogP contribution is -2.28. The topological polar surface area (TPSA) is 58.2 Å². The fraction of sp³-hybridized carbons (Fsp3) is 0.333. The zero-order valence-electron chi connectivity index (χ0n) is 19.0. The molecule has 34 heavy (non-hydrogen) atoms. The molecule has 6 atom stereocenters. The zero-order chi connectivity index (χ0) is 22.8. The molecule has 3 aromatic rings. The van der Waals surface area contributed by atoms with Crippen LogP contribution in [0.4, 0.5) is 0 Å². The van der Waals surface area contributed by atoms with Crippen molar-refractivity contribution in [3.63, 3.8) is 0 Å². The maximum atomic E-state index is 12.8. The third kappa shape index (κ3) is 3.19. The van der Waals surface area contributed by atoms with Gasteiger partial charge in [-0.3, -0.25) is 9.59 Å². The fourth-order valence-corrected chi connectivity index (χ4v) is 6.95. The van der Waals surface area contributed by atoms with Crippen LogP contribution in [0, 0.1) is 23.7 Å². The lowest BCUT2D eigenvalue weighted by atomic mass is 10.0. The summed E-state index contributed by atoms with van der Waals surface area (Å²) in [4.78, 5) is 25.6. The van der Waals surface area contributed by atoms with Crippen molar-refractivity contribution in [2.45, 2.75) is 24.7 Å². The average Bonchev–Trinajstić information content (AvgIpc) is 3.63. The molecule has 2 N–H and O–H groups in total. The van der Waals surface area contributed by atoms with E-state index in [-0.39, 0.29) is 11.8 Å². The quantitative estimate of drug-likeness (QED) is 0.590. The summed E-state index contributed by atoms with van der Waals surface area (Å²) < 4.78 is 0. The Bertz CT molecular complexity index is 1220. The van der Waals surface area contributed by atoms with Gasteiger partial charge in [-0.25, -0.2) is 0 Å². The summed E-state index contributed by atoms with van der Waals surface area (Å²) in [6, 6.07) is 24.5. The average molecular weight is 449 g/mol. The fourth-order valence-electron chi connectivity index (χ4n) is 6.95. The van der Waals surface area contributed by atoms with Crippen LogP contribution in [0.2, 0.25) is 0 Å². The Kier molecular flexibility index (Phi) is 4.45. The summed E-state index contributed by atoms with van der Waals surface area (Å²) in [7, 11) is 0. The van der Waals surface area contributed by atoms with E-state index < -0.39 is 0 Å². The van der Waals surface area contributed by atoms with E-state index in [2.05, 4.69) is 59.2 Å². The molecule has 4 aliphatic carbocycles. The predicted octanol–water partition coefficient (Wildman–Crippen LogP) is 4.32. The van der Waals surface area contributed by atoms with E-state index in [0.29, 0.717) is 59.7 Å². The molecule has 0 saturated heterocycles. The molecular weight excluding hydrogens is 420 g/mol. The van der Waals surface area contributed by atoms with Gasteiger partial charge in [0.05, 0.1) is 0 Å². The van der Waals surface area contributed by atoms with Gasteiger partial charge in [-0.05, 0) is 88.8 Å². The Morgan fingerprint density at radius 2 is 1.12 bits per heavy atom. The molecule has 170 valence electrons. The molecule has 0 bridgehead atoms. The van der Waals surface area contributed by atoms with Crippen LogP contribution in [-0.4, -0.2) is 24.9 Å². The van der Waals surface area contributed by atoms with Gasteiger partial charge in [-0.1, -0.05) is 54.6 Å². The molecule has 0 radical (unpaired) electrons. The van der Waals surface area contributed by atoms with E-state index in [0.717, 1.165) is 12.8 Å². The second kappa shape index (κ2) is 7.56. The molecule has 2 amide bonds. The highest BCUT2D eigenvalue weighted by Gasteiger charge is 2.55. The van der Waals surface area contributed by atoms with Crippen LogP contribution in [0.1, 0.15) is 54.8 Å².